The lowest BCUT2D eigenvalue weighted by Crippen LogP contribution is -2.29. The number of nitrogen functional groups attached to an aromatic ring is 1. The summed E-state index contributed by atoms with van der Waals surface area (Å²) >= 11 is 6.49. The topological polar surface area (TPSA) is 93.4 Å². The van der Waals surface area contributed by atoms with Crippen molar-refractivity contribution in [1.82, 2.24) is 9.97 Å². The van der Waals surface area contributed by atoms with Gasteiger partial charge in [0.1, 0.15) is 23.7 Å². The maximum Gasteiger partial charge on any atom is 0.229 e. The van der Waals surface area contributed by atoms with Crippen molar-refractivity contribution in [3.8, 4) is 17.0 Å². The summed E-state index contributed by atoms with van der Waals surface area (Å²) in [4.78, 5) is 11.3. The minimum absolute atomic E-state index is 0.143. The number of rotatable bonds is 6. The van der Waals surface area contributed by atoms with E-state index < -0.39 is 7.14 Å². The second-order valence-corrected chi connectivity index (χ2v) is 12.1. The minimum Gasteiger partial charge on any atom is -0.494 e. The van der Waals surface area contributed by atoms with Crippen molar-refractivity contribution >= 4 is 47.2 Å². The van der Waals surface area contributed by atoms with Gasteiger partial charge in [0.05, 0.1) is 18.5 Å². The van der Waals surface area contributed by atoms with Crippen molar-refractivity contribution < 1.29 is 9.30 Å². The van der Waals surface area contributed by atoms with Gasteiger partial charge in [-0.05, 0) is 44.7 Å². The highest BCUT2D eigenvalue weighted by molar-refractivity contribution is 7.70. The number of aromatic nitrogens is 2. The first-order valence-electron chi connectivity index (χ1n) is 11.0. The molecule has 174 valence electrons. The molecule has 1 aromatic heterocycles. The molecule has 0 aliphatic carbocycles. The van der Waals surface area contributed by atoms with Crippen molar-refractivity contribution in [3.63, 3.8) is 0 Å². The van der Waals surface area contributed by atoms with Crippen LogP contribution in [0, 0.1) is 0 Å². The van der Waals surface area contributed by atoms with Crippen LogP contribution in [0.3, 0.4) is 0 Å². The number of nitrogens with two attached hydrogens (primary N) is 1. The Labute approximate surface area is 199 Å². The van der Waals surface area contributed by atoms with E-state index in [-0.39, 0.29) is 16.8 Å². The number of hydrogen-bond donors (Lipinski definition) is 2. The summed E-state index contributed by atoms with van der Waals surface area (Å²) < 4.78 is 18.5. The Bertz CT molecular complexity index is 1210. The number of ether oxygens (including phenoxy) is 1. The summed E-state index contributed by atoms with van der Waals surface area (Å²) in [7, 11) is -0.936. The summed E-state index contributed by atoms with van der Waals surface area (Å²) in [5.41, 5.74) is 9.10. The predicted molar refractivity (Wildman–Crippen MR) is 138 cm³/mol. The molecule has 0 spiro atoms. The highest BCUT2D eigenvalue weighted by Gasteiger charge is 2.22. The Hall–Kier alpha value is -2.76. The van der Waals surface area contributed by atoms with Gasteiger partial charge >= 0.3 is 0 Å². The molecule has 3 N–H and O–H groups in total. The number of hydrogen-bond acceptors (Lipinski definition) is 7. The van der Waals surface area contributed by atoms with E-state index in [0.717, 1.165) is 24.5 Å². The summed E-state index contributed by atoms with van der Waals surface area (Å²) in [5, 5.41) is 4.14. The molecule has 4 rings (SSSR count). The van der Waals surface area contributed by atoms with Gasteiger partial charge in [-0.2, -0.15) is 4.98 Å². The first kappa shape index (κ1) is 23.4. The predicted octanol–water partition coefficient (Wildman–Crippen LogP) is 5.37. The largest absolute Gasteiger partial charge is 0.494 e. The summed E-state index contributed by atoms with van der Waals surface area (Å²) in [6, 6.07) is 13.4. The maximum atomic E-state index is 12.9. The monoisotopic (exact) mass is 485 g/mol. The van der Waals surface area contributed by atoms with E-state index >= 15 is 0 Å². The van der Waals surface area contributed by atoms with Gasteiger partial charge in [0.25, 0.3) is 0 Å². The number of nitrogens with zero attached hydrogens (tertiary/aromatic N) is 3. The number of anilines is 4. The zero-order valence-electron chi connectivity index (χ0n) is 19.1. The minimum atomic E-state index is -2.57. The molecule has 1 fully saturated rings. The fraction of sp³-hybridized carbons (Fsp3) is 0.333. The lowest BCUT2D eigenvalue weighted by atomic mass is 10.1. The number of benzene rings is 2. The number of piperidine rings is 1. The van der Waals surface area contributed by atoms with Crippen molar-refractivity contribution in [1.29, 1.82) is 0 Å². The zero-order chi connectivity index (χ0) is 23.6. The summed E-state index contributed by atoms with van der Waals surface area (Å²) in [5.74, 6) is 1.11. The Morgan fingerprint density at radius 3 is 2.52 bits per heavy atom. The van der Waals surface area contributed by atoms with Gasteiger partial charge in [-0.3, -0.25) is 0 Å². The average Bonchev–Trinajstić information content (AvgIpc) is 2.81. The van der Waals surface area contributed by atoms with Gasteiger partial charge in [-0.1, -0.05) is 35.9 Å². The van der Waals surface area contributed by atoms with E-state index in [1.165, 1.54) is 19.3 Å². The molecule has 33 heavy (non-hydrogen) atoms. The van der Waals surface area contributed by atoms with Crippen LogP contribution < -0.4 is 26.0 Å². The molecule has 0 amide bonds. The van der Waals surface area contributed by atoms with Crippen molar-refractivity contribution in [2.75, 3.05) is 49.5 Å². The molecule has 2 aromatic carbocycles. The smallest absolute Gasteiger partial charge is 0.229 e. The van der Waals surface area contributed by atoms with E-state index in [9.17, 15) is 4.57 Å². The summed E-state index contributed by atoms with van der Waals surface area (Å²) in [6.07, 6.45) is 3.68. The molecule has 0 bridgehead atoms. The van der Waals surface area contributed by atoms with Crippen molar-refractivity contribution in [2.45, 2.75) is 19.3 Å². The van der Waals surface area contributed by atoms with Gasteiger partial charge in [0.2, 0.25) is 5.95 Å². The Kier molecular flexibility index (Phi) is 6.82. The van der Waals surface area contributed by atoms with Crippen LogP contribution in [-0.4, -0.2) is 43.5 Å². The second kappa shape index (κ2) is 9.62. The van der Waals surface area contributed by atoms with Crippen LogP contribution in [0.1, 0.15) is 19.3 Å². The molecule has 3 aromatic rings. The van der Waals surface area contributed by atoms with Gasteiger partial charge in [0.15, 0.2) is 0 Å². The highest BCUT2D eigenvalue weighted by atomic mass is 35.5. The molecule has 0 atom stereocenters. The van der Waals surface area contributed by atoms with Crippen molar-refractivity contribution in [2.24, 2.45) is 0 Å². The lowest BCUT2D eigenvalue weighted by Gasteiger charge is -2.29. The van der Waals surface area contributed by atoms with Crippen molar-refractivity contribution in [3.05, 3.63) is 47.5 Å². The Balaban J connectivity index is 1.71. The molecule has 7 nitrogen and oxygen atoms in total. The fourth-order valence-electron chi connectivity index (χ4n) is 4.09. The fourth-order valence-corrected chi connectivity index (χ4v) is 5.49. The van der Waals surface area contributed by atoms with Crippen LogP contribution in [0.4, 0.5) is 23.1 Å². The highest BCUT2D eigenvalue weighted by Crippen LogP contribution is 2.41. The molecule has 0 unspecified atom stereocenters. The van der Waals surface area contributed by atoms with Gasteiger partial charge in [-0.25, -0.2) is 4.98 Å². The molecule has 1 aliphatic heterocycles. The number of halogens is 1. The number of nitrogens with one attached hydrogen (secondary N) is 1. The third-order valence-corrected chi connectivity index (χ3v) is 7.69. The zero-order valence-corrected chi connectivity index (χ0v) is 20.8. The molecular weight excluding hydrogens is 457 g/mol. The van der Waals surface area contributed by atoms with Gasteiger partial charge < -0.3 is 25.3 Å². The van der Waals surface area contributed by atoms with E-state index in [4.69, 9.17) is 22.1 Å². The Morgan fingerprint density at radius 1 is 1.09 bits per heavy atom. The molecule has 2 heterocycles. The SMILES string of the molecule is COc1cc(N2CCCCC2)ccc1Nc1nc(N)c(Cl)c(-c2ccccc2P(C)(C)=O)n1. The third kappa shape index (κ3) is 5.10. The maximum absolute atomic E-state index is 12.9. The first-order chi connectivity index (χ1) is 15.8. The molecule has 0 radical (unpaired) electrons. The summed E-state index contributed by atoms with van der Waals surface area (Å²) in [6.45, 7) is 5.54. The van der Waals surface area contributed by atoms with Crippen LogP contribution in [0.2, 0.25) is 5.02 Å². The van der Waals surface area contributed by atoms with Gasteiger partial charge in [0, 0.05) is 35.7 Å². The molecule has 0 saturated carbocycles. The van der Waals surface area contributed by atoms with Crippen LogP contribution in [0.5, 0.6) is 5.75 Å². The van der Waals surface area contributed by atoms with E-state index in [0.29, 0.717) is 22.3 Å². The van der Waals surface area contributed by atoms with Crippen LogP contribution in [0.25, 0.3) is 11.3 Å². The molecule has 9 heteroatoms. The third-order valence-electron chi connectivity index (χ3n) is 5.77. The molecular formula is C24H29ClN5O2P. The lowest BCUT2D eigenvalue weighted by molar-refractivity contribution is 0.416. The van der Waals surface area contributed by atoms with Crippen LogP contribution >= 0.6 is 18.7 Å². The first-order valence-corrected chi connectivity index (χ1v) is 13.9. The van der Waals surface area contributed by atoms with Gasteiger partial charge in [-0.15, -0.1) is 0 Å². The molecule has 1 saturated heterocycles. The Morgan fingerprint density at radius 2 is 1.82 bits per heavy atom. The van der Waals surface area contributed by atoms with Crippen LogP contribution in [-0.2, 0) is 4.57 Å². The quantitative estimate of drug-likeness (QED) is 0.453. The standard InChI is InChI=1S/C24H29ClN5O2P/c1-32-19-15-16(30-13-7-4-8-14-30)11-12-18(19)27-24-28-22(21(25)23(26)29-24)17-9-5-6-10-20(17)33(2,3)31/h5-6,9-12,15H,4,7-8,13-14H2,1-3H3,(H3,26,27,28,29). The van der Waals surface area contributed by atoms with E-state index in [1.807, 2.05) is 36.4 Å². The number of methoxy groups -OCH3 is 1. The molecule has 1 aliphatic rings. The van der Waals surface area contributed by atoms with E-state index in [1.54, 1.807) is 20.4 Å². The van der Waals surface area contributed by atoms with Crippen LogP contribution in [0.15, 0.2) is 42.5 Å². The second-order valence-electron chi connectivity index (χ2n) is 8.52. The van der Waals surface area contributed by atoms with E-state index in [2.05, 4.69) is 26.3 Å². The average molecular weight is 486 g/mol. The normalized spacial score (nSPS) is 14.2.